The van der Waals surface area contributed by atoms with Crippen LogP contribution in [0.4, 0.5) is 10.5 Å². The summed E-state index contributed by atoms with van der Waals surface area (Å²) in [6, 6.07) is 11.3. The number of nitrogens with zero attached hydrogens (tertiary/aromatic N) is 1. The summed E-state index contributed by atoms with van der Waals surface area (Å²) in [5.41, 5.74) is 3.31. The van der Waals surface area contributed by atoms with Gasteiger partial charge in [0.2, 0.25) is 0 Å². The highest BCUT2D eigenvalue weighted by atomic mass is 16.5. The van der Waals surface area contributed by atoms with Crippen molar-refractivity contribution in [2.75, 3.05) is 25.7 Å². The molecule has 0 radical (unpaired) electrons. The van der Waals surface area contributed by atoms with Gasteiger partial charge in [0, 0.05) is 42.0 Å². The fourth-order valence-corrected chi connectivity index (χ4v) is 4.51. The minimum absolute atomic E-state index is 0.0591. The fraction of sp³-hybridized carbons (Fsp3) is 0.440. The molecule has 2 aromatic carbocycles. The number of benzene rings is 2. The van der Waals surface area contributed by atoms with Gasteiger partial charge in [-0.3, -0.25) is 9.69 Å². The normalized spacial score (nSPS) is 15.8. The quantitative estimate of drug-likeness (QED) is 0.715. The molecular weight excluding hydrogens is 406 g/mol. The van der Waals surface area contributed by atoms with Gasteiger partial charge in [-0.25, -0.2) is 4.79 Å². The van der Waals surface area contributed by atoms with Gasteiger partial charge in [0.15, 0.2) is 0 Å². The van der Waals surface area contributed by atoms with E-state index in [-0.39, 0.29) is 18.0 Å². The number of fused-ring (bicyclic) bond motifs is 1. The zero-order valence-electron chi connectivity index (χ0n) is 18.8. The number of anilines is 1. The second kappa shape index (κ2) is 9.94. The number of ether oxygens (including phenoxy) is 2. The Kier molecular flexibility index (Phi) is 6.83. The van der Waals surface area contributed by atoms with E-state index in [0.29, 0.717) is 30.2 Å². The number of nitrogens with one attached hydrogen (secondary N) is 2. The van der Waals surface area contributed by atoms with E-state index in [2.05, 4.69) is 10.6 Å². The summed E-state index contributed by atoms with van der Waals surface area (Å²) in [6.45, 7) is 0.969. The first-order valence-corrected chi connectivity index (χ1v) is 11.3. The van der Waals surface area contributed by atoms with E-state index in [9.17, 15) is 9.59 Å². The Labute approximate surface area is 189 Å². The van der Waals surface area contributed by atoms with Crippen LogP contribution in [0.15, 0.2) is 36.4 Å². The molecule has 2 N–H and O–H groups in total. The van der Waals surface area contributed by atoms with Crippen LogP contribution in [0.5, 0.6) is 11.5 Å². The first-order valence-electron chi connectivity index (χ1n) is 11.3. The monoisotopic (exact) mass is 437 g/mol. The smallest absolute Gasteiger partial charge is 0.322 e. The molecule has 1 heterocycles. The molecule has 1 aliphatic carbocycles. The van der Waals surface area contributed by atoms with Crippen molar-refractivity contribution in [3.8, 4) is 11.5 Å². The summed E-state index contributed by atoms with van der Waals surface area (Å²) >= 11 is 0. The van der Waals surface area contributed by atoms with Crippen LogP contribution in [-0.2, 0) is 13.0 Å². The lowest BCUT2D eigenvalue weighted by Gasteiger charge is -2.26. The third-order valence-electron chi connectivity index (χ3n) is 6.35. The Balaban J connectivity index is 1.42. The largest absolute Gasteiger partial charge is 0.497 e. The van der Waals surface area contributed by atoms with Gasteiger partial charge in [-0.2, -0.15) is 0 Å². The lowest BCUT2D eigenvalue weighted by Crippen LogP contribution is -2.45. The van der Waals surface area contributed by atoms with E-state index >= 15 is 0 Å². The molecule has 7 heteroatoms. The maximum absolute atomic E-state index is 12.9. The third-order valence-corrected chi connectivity index (χ3v) is 6.35. The van der Waals surface area contributed by atoms with Gasteiger partial charge >= 0.3 is 6.03 Å². The zero-order chi connectivity index (χ0) is 22.5. The second-order valence-electron chi connectivity index (χ2n) is 8.39. The van der Waals surface area contributed by atoms with E-state index in [1.54, 1.807) is 25.2 Å². The van der Waals surface area contributed by atoms with Crippen LogP contribution in [0.3, 0.4) is 0 Å². The average molecular weight is 438 g/mol. The van der Waals surface area contributed by atoms with Crippen molar-refractivity contribution in [2.45, 2.75) is 51.1 Å². The van der Waals surface area contributed by atoms with Crippen molar-refractivity contribution in [1.29, 1.82) is 0 Å². The van der Waals surface area contributed by atoms with Crippen molar-refractivity contribution < 1.29 is 19.1 Å². The standard InChI is InChI=1S/C25H31N3O4/c1-31-21-11-10-19(23(15-21)32-2)16-26-24(29)18-9-8-17-12-13-28(22(17)14-18)25(30)27-20-6-4-3-5-7-20/h8-11,14-15,20H,3-7,12-13,16H2,1-2H3,(H,26,29)(H,27,30). The van der Waals surface area contributed by atoms with E-state index in [1.807, 2.05) is 30.3 Å². The summed E-state index contributed by atoms with van der Waals surface area (Å²) in [5, 5.41) is 6.13. The predicted octanol–water partition coefficient (Wildman–Crippen LogP) is 4.04. The number of carbonyl (C=O) groups excluding carboxylic acids is 2. The van der Waals surface area contributed by atoms with Gasteiger partial charge in [0.1, 0.15) is 11.5 Å². The van der Waals surface area contributed by atoms with Crippen molar-refractivity contribution in [2.24, 2.45) is 0 Å². The molecule has 2 aliphatic rings. The lowest BCUT2D eigenvalue weighted by atomic mass is 9.96. The molecule has 4 rings (SSSR count). The third kappa shape index (κ3) is 4.82. The molecule has 0 atom stereocenters. The molecule has 1 aliphatic heterocycles. The Bertz CT molecular complexity index is 985. The van der Waals surface area contributed by atoms with Crippen molar-refractivity contribution in [3.05, 3.63) is 53.1 Å². The van der Waals surface area contributed by atoms with Gasteiger partial charge in [-0.15, -0.1) is 0 Å². The molecule has 0 saturated heterocycles. The number of hydrogen-bond acceptors (Lipinski definition) is 4. The molecule has 0 aromatic heterocycles. The molecule has 0 spiro atoms. The molecule has 32 heavy (non-hydrogen) atoms. The second-order valence-corrected chi connectivity index (χ2v) is 8.39. The Hall–Kier alpha value is -3.22. The van der Waals surface area contributed by atoms with Crippen LogP contribution in [0, 0.1) is 0 Å². The highest BCUT2D eigenvalue weighted by Gasteiger charge is 2.27. The summed E-state index contributed by atoms with van der Waals surface area (Å²) in [5.74, 6) is 1.16. The Morgan fingerprint density at radius 2 is 1.84 bits per heavy atom. The maximum atomic E-state index is 12.9. The summed E-state index contributed by atoms with van der Waals surface area (Å²) in [6.07, 6.45) is 6.49. The van der Waals surface area contributed by atoms with Crippen LogP contribution < -0.4 is 25.0 Å². The van der Waals surface area contributed by atoms with Gasteiger partial charge < -0.3 is 20.1 Å². The summed E-state index contributed by atoms with van der Waals surface area (Å²) in [7, 11) is 3.19. The first kappa shape index (κ1) is 22.0. The first-order chi connectivity index (χ1) is 15.6. The highest BCUT2D eigenvalue weighted by Crippen LogP contribution is 2.30. The minimum atomic E-state index is -0.190. The average Bonchev–Trinajstić information content (AvgIpc) is 3.26. The Morgan fingerprint density at radius 1 is 1.03 bits per heavy atom. The number of hydrogen-bond donors (Lipinski definition) is 2. The van der Waals surface area contributed by atoms with E-state index < -0.39 is 0 Å². The molecular formula is C25H31N3O4. The molecule has 7 nitrogen and oxygen atoms in total. The molecule has 2 aromatic rings. The van der Waals surface area contributed by atoms with Gasteiger partial charge in [0.25, 0.3) is 5.91 Å². The summed E-state index contributed by atoms with van der Waals surface area (Å²) in [4.78, 5) is 27.5. The van der Waals surface area contributed by atoms with Crippen molar-refractivity contribution in [1.82, 2.24) is 10.6 Å². The van der Waals surface area contributed by atoms with Crippen LogP contribution in [-0.4, -0.2) is 38.7 Å². The molecule has 1 saturated carbocycles. The van der Waals surface area contributed by atoms with Gasteiger partial charge in [-0.1, -0.05) is 25.3 Å². The number of rotatable bonds is 6. The number of urea groups is 1. The zero-order valence-corrected chi connectivity index (χ0v) is 18.8. The van der Waals surface area contributed by atoms with Crippen LogP contribution in [0.2, 0.25) is 0 Å². The van der Waals surface area contributed by atoms with Crippen LogP contribution >= 0.6 is 0 Å². The Morgan fingerprint density at radius 3 is 2.59 bits per heavy atom. The predicted molar refractivity (Wildman–Crippen MR) is 124 cm³/mol. The van der Waals surface area contributed by atoms with E-state index in [1.165, 1.54) is 19.3 Å². The fourth-order valence-electron chi connectivity index (χ4n) is 4.51. The highest BCUT2D eigenvalue weighted by molar-refractivity contribution is 5.99. The number of methoxy groups -OCH3 is 2. The number of amides is 3. The van der Waals surface area contributed by atoms with Crippen molar-refractivity contribution >= 4 is 17.6 Å². The van der Waals surface area contributed by atoms with E-state index in [0.717, 1.165) is 36.1 Å². The summed E-state index contributed by atoms with van der Waals surface area (Å²) < 4.78 is 10.6. The topological polar surface area (TPSA) is 79.9 Å². The molecule has 3 amide bonds. The SMILES string of the molecule is COc1ccc(CNC(=O)c2ccc3c(c2)N(C(=O)NC2CCCCC2)CC3)c(OC)c1. The minimum Gasteiger partial charge on any atom is -0.497 e. The van der Waals surface area contributed by atoms with E-state index in [4.69, 9.17) is 9.47 Å². The van der Waals surface area contributed by atoms with Crippen molar-refractivity contribution in [3.63, 3.8) is 0 Å². The number of carbonyl (C=O) groups is 2. The molecule has 1 fully saturated rings. The van der Waals surface area contributed by atoms with Gasteiger partial charge in [0.05, 0.1) is 14.2 Å². The molecule has 170 valence electrons. The van der Waals surface area contributed by atoms with Crippen LogP contribution in [0.25, 0.3) is 0 Å². The molecule has 0 bridgehead atoms. The maximum Gasteiger partial charge on any atom is 0.322 e. The lowest BCUT2D eigenvalue weighted by molar-refractivity contribution is 0.0950. The van der Waals surface area contributed by atoms with Crippen LogP contribution in [0.1, 0.15) is 53.6 Å². The van der Waals surface area contributed by atoms with Gasteiger partial charge in [-0.05, 0) is 49.1 Å². The molecule has 0 unspecified atom stereocenters.